The summed E-state index contributed by atoms with van der Waals surface area (Å²) >= 11 is 4.78. The summed E-state index contributed by atoms with van der Waals surface area (Å²) in [4.78, 5) is 0. The van der Waals surface area contributed by atoms with Crippen molar-refractivity contribution in [1.29, 1.82) is 0 Å². The number of hydrogen-bond acceptors (Lipinski definition) is 1. The molecule has 9 heavy (non-hydrogen) atoms. The van der Waals surface area contributed by atoms with Crippen molar-refractivity contribution in [2.45, 2.75) is 0 Å². The van der Waals surface area contributed by atoms with Crippen molar-refractivity contribution >= 4 is 52.7 Å². The van der Waals surface area contributed by atoms with E-state index in [4.69, 9.17) is 0 Å². The monoisotopic (exact) mass is 372 g/mol. The first-order valence-electron chi connectivity index (χ1n) is 2.74. The molecule has 0 radical (unpaired) electrons. The molecule has 0 aromatic heterocycles. The minimum Gasteiger partial charge on any atom is -0.320 e. The first-order chi connectivity index (χ1) is 4.12. The van der Waals surface area contributed by atoms with Gasteiger partial charge in [-0.25, -0.2) is 0 Å². The Morgan fingerprint density at radius 3 is 2.33 bits per heavy atom. The highest BCUT2D eigenvalue weighted by Gasteiger charge is 2.10. The molecule has 4 heteroatoms. The summed E-state index contributed by atoms with van der Waals surface area (Å²) in [5.74, 6) is 1.26. The lowest BCUT2D eigenvalue weighted by Gasteiger charge is -2.26. The largest absolute Gasteiger partial charge is 0.320 e. The van der Waals surface area contributed by atoms with E-state index in [-0.39, 0.29) is 0 Å². The quantitative estimate of drug-likeness (QED) is 0.317. The third-order valence-electron chi connectivity index (χ3n) is 1.10. The van der Waals surface area contributed by atoms with E-state index in [9.17, 15) is 0 Å². The van der Waals surface area contributed by atoms with Crippen LogP contribution >= 0.6 is 52.7 Å². The van der Waals surface area contributed by atoms with Crippen molar-refractivity contribution < 1.29 is 4.48 Å². The lowest BCUT2D eigenvalue weighted by molar-refractivity contribution is -0.871. The van der Waals surface area contributed by atoms with Gasteiger partial charge in [0, 0.05) is 0 Å². The average molecular weight is 372 g/mol. The molecule has 0 bridgehead atoms. The predicted octanol–water partition coefficient (Wildman–Crippen LogP) is 2.54. The summed E-state index contributed by atoms with van der Waals surface area (Å²) < 4.78 is 2.34. The number of alkyl halides is 1. The van der Waals surface area contributed by atoms with Gasteiger partial charge in [-0.05, 0) is 43.8 Å². The maximum atomic E-state index is 2.43. The Balaban J connectivity index is 3.33. The van der Waals surface area contributed by atoms with Crippen molar-refractivity contribution in [3.05, 3.63) is 0 Å². The maximum Gasteiger partial charge on any atom is 0.129 e. The van der Waals surface area contributed by atoms with Gasteiger partial charge in [0.2, 0.25) is 0 Å². The molecule has 56 valence electrons. The van der Waals surface area contributed by atoms with Crippen LogP contribution in [0.2, 0.25) is 0 Å². The van der Waals surface area contributed by atoms with Gasteiger partial charge in [0.05, 0.1) is 26.4 Å². The first kappa shape index (κ1) is 10.8. The Morgan fingerprint density at radius 2 is 2.00 bits per heavy atom. The normalized spacial score (nSPS) is 12.0. The number of rotatable bonds is 4. The summed E-state index contributed by atoms with van der Waals surface area (Å²) in [6.45, 7) is 1.27. The molecule has 0 aliphatic carbocycles. The highest BCUT2D eigenvalue weighted by molar-refractivity contribution is 14.2. The third-order valence-corrected chi connectivity index (χ3v) is 4.60. The Bertz CT molecular complexity index is 77.4. The molecular weight excluding hydrogens is 360 g/mol. The zero-order chi connectivity index (χ0) is 7.33. The highest BCUT2D eigenvalue weighted by atomic mass is 127. The zero-order valence-electron chi connectivity index (χ0n) is 5.73. The van der Waals surface area contributed by atoms with E-state index in [0.29, 0.717) is 0 Å². The lowest BCUT2D eigenvalue weighted by atomic mass is 10.6. The number of nitrogens with zero attached hydrogens (tertiary/aromatic N) is 1. The molecule has 0 spiro atoms. The van der Waals surface area contributed by atoms with Crippen LogP contribution in [0.15, 0.2) is 0 Å². The van der Waals surface area contributed by atoms with Crippen LogP contribution in [0.1, 0.15) is 0 Å². The SMILES string of the molecule is C[N+](C)(CI)CCSI. The van der Waals surface area contributed by atoms with Crippen molar-refractivity contribution in [3.63, 3.8) is 0 Å². The van der Waals surface area contributed by atoms with Gasteiger partial charge in [-0.15, -0.1) is 0 Å². The van der Waals surface area contributed by atoms with Crippen LogP contribution in [-0.4, -0.2) is 35.4 Å². The Morgan fingerprint density at radius 1 is 1.44 bits per heavy atom. The second kappa shape index (κ2) is 5.42. The highest BCUT2D eigenvalue weighted by Crippen LogP contribution is 2.12. The smallest absolute Gasteiger partial charge is 0.129 e. The molecule has 0 aromatic rings. The van der Waals surface area contributed by atoms with Gasteiger partial charge in [-0.3, -0.25) is 0 Å². The predicted molar refractivity (Wildman–Crippen MR) is 62.3 cm³/mol. The molecule has 0 atom stereocenters. The van der Waals surface area contributed by atoms with Gasteiger partial charge < -0.3 is 4.48 Å². The minimum atomic E-state index is 1.14. The van der Waals surface area contributed by atoms with Crippen molar-refractivity contribution in [1.82, 2.24) is 0 Å². The molecule has 0 N–H and O–H groups in total. The topological polar surface area (TPSA) is 0 Å². The summed E-state index contributed by atoms with van der Waals surface area (Å²) in [5, 5.41) is 0. The van der Waals surface area contributed by atoms with Gasteiger partial charge in [-0.1, -0.05) is 8.93 Å². The summed E-state index contributed by atoms with van der Waals surface area (Å²) in [5.41, 5.74) is 0. The molecular formula is C5H12I2NS+. The lowest BCUT2D eigenvalue weighted by Crippen LogP contribution is -2.39. The fraction of sp³-hybridized carbons (Fsp3) is 1.00. The molecule has 0 rings (SSSR count). The molecule has 0 saturated heterocycles. The number of hydrogen-bond donors (Lipinski definition) is 0. The maximum absolute atomic E-state index is 2.43. The van der Waals surface area contributed by atoms with Crippen molar-refractivity contribution in [2.24, 2.45) is 0 Å². The van der Waals surface area contributed by atoms with E-state index in [1.807, 2.05) is 8.93 Å². The zero-order valence-corrected chi connectivity index (χ0v) is 10.9. The van der Waals surface area contributed by atoms with Crippen molar-refractivity contribution in [3.8, 4) is 0 Å². The van der Waals surface area contributed by atoms with Crippen LogP contribution in [0.3, 0.4) is 0 Å². The van der Waals surface area contributed by atoms with Crippen molar-refractivity contribution in [2.75, 3.05) is 30.9 Å². The Labute approximate surface area is 87.3 Å². The van der Waals surface area contributed by atoms with E-state index in [1.165, 1.54) is 16.8 Å². The minimum absolute atomic E-state index is 1.14. The van der Waals surface area contributed by atoms with E-state index < -0.39 is 0 Å². The average Bonchev–Trinajstić information content (AvgIpc) is 1.84. The summed E-state index contributed by atoms with van der Waals surface area (Å²) in [6, 6.07) is 0. The summed E-state index contributed by atoms with van der Waals surface area (Å²) in [7, 11) is 6.42. The van der Waals surface area contributed by atoms with Gasteiger partial charge >= 0.3 is 0 Å². The molecule has 0 heterocycles. The molecule has 0 aromatic carbocycles. The summed E-state index contributed by atoms with van der Waals surface area (Å²) in [6.07, 6.45) is 0. The van der Waals surface area contributed by atoms with E-state index >= 15 is 0 Å². The second-order valence-corrected chi connectivity index (χ2v) is 5.77. The van der Waals surface area contributed by atoms with Gasteiger partial charge in [-0.2, -0.15) is 0 Å². The molecule has 0 amide bonds. The van der Waals surface area contributed by atoms with Crippen LogP contribution < -0.4 is 0 Å². The van der Waals surface area contributed by atoms with E-state index in [0.717, 1.165) is 4.48 Å². The standard InChI is InChI=1S/C5H12I2NS/c1-8(2,5-6)3-4-9-7/h3-5H2,1-2H3/q+1. The van der Waals surface area contributed by atoms with Gasteiger partial charge in [0.25, 0.3) is 0 Å². The molecule has 1 nitrogen and oxygen atoms in total. The molecule has 0 aliphatic heterocycles. The molecule has 0 unspecified atom stereocenters. The van der Waals surface area contributed by atoms with Crippen LogP contribution in [0.5, 0.6) is 0 Å². The number of quaternary nitrogens is 1. The third kappa shape index (κ3) is 6.18. The first-order valence-corrected chi connectivity index (χ1v) is 7.79. The number of halogens is 2. The van der Waals surface area contributed by atoms with E-state index in [2.05, 4.69) is 57.9 Å². The Hall–Kier alpha value is 1.77. The van der Waals surface area contributed by atoms with Gasteiger partial charge in [0.1, 0.15) is 4.55 Å². The van der Waals surface area contributed by atoms with Gasteiger partial charge in [0.15, 0.2) is 0 Å². The van der Waals surface area contributed by atoms with E-state index in [1.54, 1.807) is 0 Å². The van der Waals surface area contributed by atoms with Crippen LogP contribution in [-0.2, 0) is 0 Å². The fourth-order valence-corrected chi connectivity index (χ4v) is 1.84. The van der Waals surface area contributed by atoms with Crippen LogP contribution in [0.25, 0.3) is 0 Å². The molecule has 0 fully saturated rings. The Kier molecular flexibility index (Phi) is 6.49. The van der Waals surface area contributed by atoms with Crippen LogP contribution in [0, 0.1) is 0 Å². The second-order valence-electron chi connectivity index (χ2n) is 2.59. The fourth-order valence-electron chi connectivity index (χ4n) is 0.341. The molecule has 0 saturated carbocycles. The molecule has 0 aliphatic rings. The van der Waals surface area contributed by atoms with Crippen LogP contribution in [0.4, 0.5) is 0 Å².